The van der Waals surface area contributed by atoms with Crippen LogP contribution >= 0.6 is 39.1 Å². The standard InChI is InChI=1S/C11H12BrCl2N3O2/c1-11(2,9(15)17-19)10(18)16-6-4-3-5(12)7(13)8(6)14/h3-4,19H,1-2H3,(H2,15,17)(H,16,18). The van der Waals surface area contributed by atoms with Crippen LogP contribution in [0.3, 0.4) is 0 Å². The van der Waals surface area contributed by atoms with E-state index in [1.165, 1.54) is 13.8 Å². The molecule has 0 unspecified atom stereocenters. The lowest BCUT2D eigenvalue weighted by Gasteiger charge is -2.22. The highest BCUT2D eigenvalue weighted by Crippen LogP contribution is 2.36. The minimum Gasteiger partial charge on any atom is -0.409 e. The molecule has 0 saturated heterocycles. The zero-order valence-electron chi connectivity index (χ0n) is 10.2. The molecule has 0 atom stereocenters. The van der Waals surface area contributed by atoms with Crippen molar-refractivity contribution < 1.29 is 10.0 Å². The summed E-state index contributed by atoms with van der Waals surface area (Å²) in [5.74, 6) is -0.674. The van der Waals surface area contributed by atoms with Gasteiger partial charge in [-0.05, 0) is 41.9 Å². The van der Waals surface area contributed by atoms with E-state index in [1.807, 2.05) is 0 Å². The Balaban J connectivity index is 3.05. The third kappa shape index (κ3) is 3.32. The Hall–Kier alpha value is -0.980. The number of carbonyl (C=O) groups is 1. The van der Waals surface area contributed by atoms with Crippen molar-refractivity contribution in [2.75, 3.05) is 5.32 Å². The molecule has 0 radical (unpaired) electrons. The number of amidine groups is 1. The fraction of sp³-hybridized carbons (Fsp3) is 0.273. The first-order chi connectivity index (χ1) is 8.71. The van der Waals surface area contributed by atoms with E-state index in [4.69, 9.17) is 34.1 Å². The molecule has 0 fully saturated rings. The first-order valence-corrected chi connectivity index (χ1v) is 6.69. The van der Waals surface area contributed by atoms with Gasteiger partial charge in [0.2, 0.25) is 5.91 Å². The predicted molar refractivity (Wildman–Crippen MR) is 80.0 cm³/mol. The van der Waals surface area contributed by atoms with Crippen molar-refractivity contribution in [2.24, 2.45) is 16.3 Å². The minimum absolute atomic E-state index is 0.204. The Bertz CT molecular complexity index is 547. The molecule has 19 heavy (non-hydrogen) atoms. The van der Waals surface area contributed by atoms with Gasteiger partial charge in [0.15, 0.2) is 5.84 Å². The van der Waals surface area contributed by atoms with Gasteiger partial charge in [0.25, 0.3) is 0 Å². The van der Waals surface area contributed by atoms with Crippen LogP contribution < -0.4 is 11.1 Å². The van der Waals surface area contributed by atoms with Crippen molar-refractivity contribution in [1.29, 1.82) is 0 Å². The number of oxime groups is 1. The van der Waals surface area contributed by atoms with Crippen molar-refractivity contribution in [3.05, 3.63) is 26.7 Å². The van der Waals surface area contributed by atoms with Gasteiger partial charge < -0.3 is 16.3 Å². The normalized spacial score (nSPS) is 12.4. The second-order valence-electron chi connectivity index (χ2n) is 4.29. The third-order valence-electron chi connectivity index (χ3n) is 2.60. The maximum absolute atomic E-state index is 12.1. The van der Waals surface area contributed by atoms with Crippen molar-refractivity contribution in [2.45, 2.75) is 13.8 Å². The number of halogens is 3. The van der Waals surface area contributed by atoms with Crippen molar-refractivity contribution in [1.82, 2.24) is 0 Å². The number of nitrogens with two attached hydrogens (primary N) is 1. The van der Waals surface area contributed by atoms with E-state index >= 15 is 0 Å². The van der Waals surface area contributed by atoms with Gasteiger partial charge in [-0.1, -0.05) is 28.4 Å². The van der Waals surface area contributed by atoms with E-state index in [2.05, 4.69) is 26.4 Å². The number of benzene rings is 1. The Labute approximate surface area is 128 Å². The fourth-order valence-electron chi connectivity index (χ4n) is 1.14. The quantitative estimate of drug-likeness (QED) is 0.251. The number of anilines is 1. The van der Waals surface area contributed by atoms with Crippen LogP contribution in [-0.2, 0) is 4.79 Å². The van der Waals surface area contributed by atoms with E-state index in [0.29, 0.717) is 15.2 Å². The Morgan fingerprint density at radius 2 is 2.00 bits per heavy atom. The molecule has 104 valence electrons. The van der Waals surface area contributed by atoms with E-state index in [1.54, 1.807) is 12.1 Å². The number of nitrogens with one attached hydrogen (secondary N) is 1. The molecule has 4 N–H and O–H groups in total. The molecule has 0 heterocycles. The second-order valence-corrected chi connectivity index (χ2v) is 5.90. The number of hydrogen-bond acceptors (Lipinski definition) is 3. The number of nitrogens with zero attached hydrogens (tertiary/aromatic N) is 1. The summed E-state index contributed by atoms with van der Waals surface area (Å²) in [5, 5.41) is 14.6. The summed E-state index contributed by atoms with van der Waals surface area (Å²) in [6.07, 6.45) is 0. The van der Waals surface area contributed by atoms with E-state index in [-0.39, 0.29) is 10.9 Å². The smallest absolute Gasteiger partial charge is 0.237 e. The predicted octanol–water partition coefficient (Wildman–Crippen LogP) is 3.47. The first-order valence-electron chi connectivity index (χ1n) is 5.14. The van der Waals surface area contributed by atoms with Gasteiger partial charge in [-0.3, -0.25) is 4.79 Å². The molecule has 0 bridgehead atoms. The van der Waals surface area contributed by atoms with Crippen LogP contribution in [0.4, 0.5) is 5.69 Å². The molecule has 8 heteroatoms. The molecule has 0 aliphatic carbocycles. The molecule has 0 aliphatic heterocycles. The SMILES string of the molecule is CC(C)(C(=O)Nc1ccc(Br)c(Cl)c1Cl)/C(N)=N/O. The zero-order valence-corrected chi connectivity index (χ0v) is 13.3. The Kier molecular flexibility index (Phi) is 5.06. The summed E-state index contributed by atoms with van der Waals surface area (Å²) < 4.78 is 0.618. The number of hydrogen-bond donors (Lipinski definition) is 3. The average molecular weight is 369 g/mol. The second kappa shape index (κ2) is 5.98. The van der Waals surface area contributed by atoms with Gasteiger partial charge in [-0.25, -0.2) is 0 Å². The average Bonchev–Trinajstić information content (AvgIpc) is 2.38. The molecule has 1 aromatic rings. The molecular formula is C11H12BrCl2N3O2. The molecule has 1 rings (SSSR count). The summed E-state index contributed by atoms with van der Waals surface area (Å²) in [5.41, 5.74) is 4.63. The largest absolute Gasteiger partial charge is 0.409 e. The van der Waals surface area contributed by atoms with Gasteiger partial charge in [0, 0.05) is 4.47 Å². The highest BCUT2D eigenvalue weighted by Gasteiger charge is 2.33. The summed E-state index contributed by atoms with van der Waals surface area (Å²) in [7, 11) is 0. The highest BCUT2D eigenvalue weighted by molar-refractivity contribution is 9.10. The van der Waals surface area contributed by atoms with Crippen molar-refractivity contribution in [3.63, 3.8) is 0 Å². The van der Waals surface area contributed by atoms with Crippen LogP contribution in [0.15, 0.2) is 21.8 Å². The van der Waals surface area contributed by atoms with E-state index in [9.17, 15) is 4.79 Å². The van der Waals surface area contributed by atoms with Crippen LogP contribution in [0.25, 0.3) is 0 Å². The van der Waals surface area contributed by atoms with Gasteiger partial charge in [0.1, 0.15) is 5.41 Å². The molecule has 0 aliphatic rings. The van der Waals surface area contributed by atoms with Crippen LogP contribution in [-0.4, -0.2) is 17.0 Å². The molecular weight excluding hydrogens is 357 g/mol. The molecule has 1 amide bonds. The molecule has 0 saturated carbocycles. The van der Waals surface area contributed by atoms with Gasteiger partial charge in [0.05, 0.1) is 15.7 Å². The van der Waals surface area contributed by atoms with Crippen molar-refractivity contribution >= 4 is 56.6 Å². The molecule has 5 nitrogen and oxygen atoms in total. The lowest BCUT2D eigenvalue weighted by atomic mass is 9.91. The highest BCUT2D eigenvalue weighted by atomic mass is 79.9. The van der Waals surface area contributed by atoms with E-state index in [0.717, 1.165) is 0 Å². The van der Waals surface area contributed by atoms with Crippen LogP contribution in [0, 0.1) is 5.41 Å². The fourth-order valence-corrected chi connectivity index (χ4v) is 1.96. The monoisotopic (exact) mass is 367 g/mol. The summed E-state index contributed by atoms with van der Waals surface area (Å²) >= 11 is 15.2. The molecule has 0 aromatic heterocycles. The van der Waals surface area contributed by atoms with Gasteiger partial charge in [-0.2, -0.15) is 0 Å². The molecule has 0 spiro atoms. The van der Waals surface area contributed by atoms with Crippen LogP contribution in [0.2, 0.25) is 10.0 Å². The minimum atomic E-state index is -1.18. The topological polar surface area (TPSA) is 87.7 Å². The lowest BCUT2D eigenvalue weighted by Crippen LogP contribution is -2.42. The van der Waals surface area contributed by atoms with Crippen molar-refractivity contribution in [3.8, 4) is 0 Å². The Morgan fingerprint density at radius 3 is 2.53 bits per heavy atom. The summed E-state index contributed by atoms with van der Waals surface area (Å²) in [6.45, 7) is 3.04. The Morgan fingerprint density at radius 1 is 1.42 bits per heavy atom. The third-order valence-corrected chi connectivity index (χ3v) is 4.37. The zero-order chi connectivity index (χ0) is 14.8. The number of carbonyl (C=O) groups excluding carboxylic acids is 1. The van der Waals surface area contributed by atoms with E-state index < -0.39 is 11.3 Å². The first kappa shape index (κ1) is 16.1. The van der Waals surface area contributed by atoms with Gasteiger partial charge >= 0.3 is 0 Å². The van der Waals surface area contributed by atoms with Crippen LogP contribution in [0.5, 0.6) is 0 Å². The summed E-state index contributed by atoms with van der Waals surface area (Å²) in [6, 6.07) is 3.25. The number of rotatable bonds is 3. The lowest BCUT2D eigenvalue weighted by molar-refractivity contribution is -0.121. The summed E-state index contributed by atoms with van der Waals surface area (Å²) in [4.78, 5) is 12.1. The van der Waals surface area contributed by atoms with Gasteiger partial charge in [-0.15, -0.1) is 0 Å². The van der Waals surface area contributed by atoms with Crippen LogP contribution in [0.1, 0.15) is 13.8 Å². The maximum Gasteiger partial charge on any atom is 0.237 e. The maximum atomic E-state index is 12.1. The molecule has 1 aromatic carbocycles. The number of amides is 1.